The van der Waals surface area contributed by atoms with Gasteiger partial charge in [0.05, 0.1) is 33.5 Å². The van der Waals surface area contributed by atoms with Gasteiger partial charge in [-0.25, -0.2) is 17.7 Å². The molecule has 0 aliphatic carbocycles. The number of thioether (sulfide) groups is 1. The predicted molar refractivity (Wildman–Crippen MR) is 124 cm³/mol. The molecule has 0 N–H and O–H groups in total. The van der Waals surface area contributed by atoms with Crippen LogP contribution in [0, 0.1) is 6.92 Å². The minimum Gasteiger partial charge on any atom is -0.469 e. The zero-order valence-corrected chi connectivity index (χ0v) is 20.4. The fourth-order valence-electron chi connectivity index (χ4n) is 3.54. The van der Waals surface area contributed by atoms with Gasteiger partial charge in [0.2, 0.25) is 10.0 Å². The van der Waals surface area contributed by atoms with E-state index < -0.39 is 10.0 Å². The lowest BCUT2D eigenvalue weighted by Crippen LogP contribution is -2.22. The third kappa shape index (κ3) is 3.96. The Hall–Kier alpha value is -2.63. The molecule has 0 amide bonds. The van der Waals surface area contributed by atoms with Gasteiger partial charge in [0.25, 0.3) is 0 Å². The summed E-state index contributed by atoms with van der Waals surface area (Å²) in [6, 6.07) is 7.01. The van der Waals surface area contributed by atoms with E-state index in [1.807, 2.05) is 30.7 Å². The van der Waals surface area contributed by atoms with Crippen LogP contribution in [-0.2, 0) is 29.4 Å². The van der Waals surface area contributed by atoms with Crippen molar-refractivity contribution in [1.29, 1.82) is 0 Å². The van der Waals surface area contributed by atoms with E-state index in [-0.39, 0.29) is 4.90 Å². The van der Waals surface area contributed by atoms with E-state index in [1.165, 1.54) is 18.4 Å². The molecule has 0 aliphatic heterocycles. The normalized spacial score (nSPS) is 12.3. The largest absolute Gasteiger partial charge is 0.469 e. The highest BCUT2D eigenvalue weighted by atomic mass is 32.2. The molecular formula is C21H26N6O3S2. The van der Waals surface area contributed by atoms with Crippen LogP contribution in [0.5, 0.6) is 0 Å². The molecule has 0 fully saturated rings. The molecule has 4 rings (SSSR count). The van der Waals surface area contributed by atoms with E-state index >= 15 is 0 Å². The lowest BCUT2D eigenvalue weighted by molar-refractivity contribution is 0.521. The number of hydrogen-bond acceptors (Lipinski definition) is 7. The summed E-state index contributed by atoms with van der Waals surface area (Å²) in [6.07, 6.45) is 2.58. The van der Waals surface area contributed by atoms with Crippen LogP contribution in [0.15, 0.2) is 45.0 Å². The summed E-state index contributed by atoms with van der Waals surface area (Å²) in [5, 5.41) is 9.43. The molecule has 32 heavy (non-hydrogen) atoms. The molecule has 170 valence electrons. The van der Waals surface area contributed by atoms with Gasteiger partial charge in [-0.3, -0.25) is 0 Å². The van der Waals surface area contributed by atoms with Crippen molar-refractivity contribution in [1.82, 2.24) is 28.6 Å². The van der Waals surface area contributed by atoms with Crippen LogP contribution < -0.4 is 0 Å². The van der Waals surface area contributed by atoms with Crippen molar-refractivity contribution in [3.05, 3.63) is 42.1 Å². The first kappa shape index (κ1) is 22.6. The zero-order valence-electron chi connectivity index (χ0n) is 18.7. The van der Waals surface area contributed by atoms with E-state index in [9.17, 15) is 8.42 Å². The van der Waals surface area contributed by atoms with Crippen molar-refractivity contribution < 1.29 is 12.8 Å². The lowest BCUT2D eigenvalue weighted by Gasteiger charge is -2.11. The molecule has 3 aromatic heterocycles. The molecule has 3 heterocycles. The van der Waals surface area contributed by atoms with Gasteiger partial charge in [0.1, 0.15) is 11.6 Å². The Kier molecular flexibility index (Phi) is 6.15. The lowest BCUT2D eigenvalue weighted by atomic mass is 10.2. The monoisotopic (exact) mass is 474 g/mol. The minimum atomic E-state index is -3.52. The molecule has 0 aliphatic rings. The maximum absolute atomic E-state index is 12.5. The number of sulfonamides is 1. The number of benzene rings is 1. The van der Waals surface area contributed by atoms with Gasteiger partial charge in [-0.05, 0) is 37.6 Å². The quantitative estimate of drug-likeness (QED) is 0.359. The average Bonchev–Trinajstić information content (AvgIpc) is 3.43. The summed E-state index contributed by atoms with van der Waals surface area (Å²) < 4.78 is 35.7. The molecule has 0 atom stereocenters. The second-order valence-corrected chi connectivity index (χ2v) is 10.8. The first-order valence-electron chi connectivity index (χ1n) is 10.2. The summed E-state index contributed by atoms with van der Waals surface area (Å²) in [5.74, 6) is 3.00. The SMILES string of the molecule is CCCn1c(CSc2nnc(-c3ccoc3C)n2C)nc2cc(S(=O)(=O)N(C)C)ccc21. The highest BCUT2D eigenvalue weighted by Crippen LogP contribution is 2.29. The molecule has 4 aromatic rings. The van der Waals surface area contributed by atoms with Crippen LogP contribution in [0.25, 0.3) is 22.4 Å². The smallest absolute Gasteiger partial charge is 0.242 e. The average molecular weight is 475 g/mol. The first-order chi connectivity index (χ1) is 15.2. The molecule has 0 radical (unpaired) electrons. The fraction of sp³-hybridized carbons (Fsp3) is 0.381. The van der Waals surface area contributed by atoms with Gasteiger partial charge in [0.15, 0.2) is 11.0 Å². The number of aromatic nitrogens is 5. The van der Waals surface area contributed by atoms with E-state index in [0.717, 1.165) is 46.6 Å². The van der Waals surface area contributed by atoms with E-state index in [2.05, 4.69) is 21.7 Å². The fourth-order valence-corrected chi connectivity index (χ4v) is 5.31. The van der Waals surface area contributed by atoms with E-state index in [0.29, 0.717) is 11.3 Å². The standard InChI is InChI=1S/C21H26N6O3S2/c1-6-10-27-18-8-7-15(32(28,29)25(3)4)12-17(18)22-19(27)13-31-21-24-23-20(26(21)5)16-9-11-30-14(16)2/h7-9,11-12H,6,10,13H2,1-5H3. The molecule has 0 spiro atoms. The van der Waals surface area contributed by atoms with Gasteiger partial charge >= 0.3 is 0 Å². The number of nitrogens with zero attached hydrogens (tertiary/aromatic N) is 6. The Labute approximate surface area is 191 Å². The van der Waals surface area contributed by atoms with Crippen LogP contribution >= 0.6 is 11.8 Å². The van der Waals surface area contributed by atoms with Crippen LogP contribution in [-0.4, -0.2) is 51.1 Å². The van der Waals surface area contributed by atoms with Gasteiger partial charge < -0.3 is 13.6 Å². The Morgan fingerprint density at radius 3 is 2.62 bits per heavy atom. The number of imidazole rings is 1. The Morgan fingerprint density at radius 1 is 1.19 bits per heavy atom. The Morgan fingerprint density at radius 2 is 1.97 bits per heavy atom. The molecule has 9 nitrogen and oxygen atoms in total. The predicted octanol–water partition coefficient (Wildman–Crippen LogP) is 3.69. The molecule has 0 saturated carbocycles. The Balaban J connectivity index is 1.65. The second kappa shape index (κ2) is 8.72. The number of hydrogen-bond donors (Lipinski definition) is 0. The maximum atomic E-state index is 12.5. The van der Waals surface area contributed by atoms with Gasteiger partial charge in [0, 0.05) is 27.7 Å². The molecule has 11 heteroatoms. The van der Waals surface area contributed by atoms with Crippen molar-refractivity contribution in [2.24, 2.45) is 7.05 Å². The number of fused-ring (bicyclic) bond motifs is 1. The van der Waals surface area contributed by atoms with Crippen molar-refractivity contribution in [2.45, 2.75) is 42.6 Å². The van der Waals surface area contributed by atoms with E-state index in [1.54, 1.807) is 30.2 Å². The van der Waals surface area contributed by atoms with Crippen molar-refractivity contribution in [3.63, 3.8) is 0 Å². The van der Waals surface area contributed by atoms with Gasteiger partial charge in [-0.2, -0.15) is 0 Å². The topological polar surface area (TPSA) is 99.0 Å². The summed E-state index contributed by atoms with van der Waals surface area (Å²) in [5.41, 5.74) is 2.51. The third-order valence-electron chi connectivity index (χ3n) is 5.29. The molecule has 1 aromatic carbocycles. The van der Waals surface area contributed by atoms with Crippen LogP contribution in [0.2, 0.25) is 0 Å². The maximum Gasteiger partial charge on any atom is 0.242 e. The van der Waals surface area contributed by atoms with Crippen LogP contribution in [0.4, 0.5) is 0 Å². The van der Waals surface area contributed by atoms with Crippen LogP contribution in [0.3, 0.4) is 0 Å². The summed E-state index contributed by atoms with van der Waals surface area (Å²) >= 11 is 1.54. The molecule has 0 bridgehead atoms. The minimum absolute atomic E-state index is 0.240. The molecule has 0 unspecified atom stereocenters. The highest BCUT2D eigenvalue weighted by Gasteiger charge is 2.20. The Bertz CT molecular complexity index is 1370. The van der Waals surface area contributed by atoms with Crippen molar-refractivity contribution >= 4 is 32.8 Å². The molecular weight excluding hydrogens is 448 g/mol. The zero-order chi connectivity index (χ0) is 23.0. The van der Waals surface area contributed by atoms with Crippen molar-refractivity contribution in [3.8, 4) is 11.4 Å². The third-order valence-corrected chi connectivity index (χ3v) is 8.12. The van der Waals surface area contributed by atoms with Crippen LogP contribution in [0.1, 0.15) is 24.9 Å². The number of furan rings is 1. The molecule has 0 saturated heterocycles. The number of rotatable bonds is 8. The summed E-state index contributed by atoms with van der Waals surface area (Å²) in [4.78, 5) is 5.01. The van der Waals surface area contributed by atoms with Gasteiger partial charge in [-0.15, -0.1) is 10.2 Å². The van der Waals surface area contributed by atoms with E-state index in [4.69, 9.17) is 9.40 Å². The van der Waals surface area contributed by atoms with Gasteiger partial charge in [-0.1, -0.05) is 18.7 Å². The summed E-state index contributed by atoms with van der Waals surface area (Å²) in [6.45, 7) is 4.80. The summed E-state index contributed by atoms with van der Waals surface area (Å²) in [7, 11) is 1.46. The van der Waals surface area contributed by atoms with Crippen molar-refractivity contribution in [2.75, 3.05) is 14.1 Å². The highest BCUT2D eigenvalue weighted by molar-refractivity contribution is 7.98. The number of aryl methyl sites for hydroxylation is 2. The first-order valence-corrected chi connectivity index (χ1v) is 12.6. The second-order valence-electron chi connectivity index (χ2n) is 7.66.